The fraction of sp³-hybridized carbons (Fsp3) is 0.192. The second-order valence-corrected chi connectivity index (χ2v) is 10.0. The molecule has 3 N–H and O–H groups in total. The van der Waals surface area contributed by atoms with Crippen LogP contribution in [0.3, 0.4) is 0 Å². The number of rotatable bonds is 8. The van der Waals surface area contributed by atoms with Crippen molar-refractivity contribution in [3.05, 3.63) is 89.0 Å². The molecule has 0 aliphatic heterocycles. The average molecular weight is 546 g/mol. The number of hydrogen-bond donors (Lipinski definition) is 3. The van der Waals surface area contributed by atoms with Crippen LogP contribution in [0.1, 0.15) is 29.2 Å². The van der Waals surface area contributed by atoms with E-state index in [1.807, 2.05) is 6.07 Å². The third-order valence-electron chi connectivity index (χ3n) is 5.31. The van der Waals surface area contributed by atoms with Gasteiger partial charge in [0.2, 0.25) is 0 Å². The van der Waals surface area contributed by atoms with E-state index in [0.717, 1.165) is 17.7 Å². The Kier molecular flexibility index (Phi) is 8.35. The van der Waals surface area contributed by atoms with E-state index >= 15 is 0 Å². The van der Waals surface area contributed by atoms with Crippen LogP contribution in [-0.2, 0) is 15.2 Å². The summed E-state index contributed by atoms with van der Waals surface area (Å²) >= 11 is 0. The summed E-state index contributed by atoms with van der Waals surface area (Å²) in [6.07, 6.45) is -4.86. The second-order valence-electron chi connectivity index (χ2n) is 8.37. The number of nitriles is 2. The number of hydrogen-bond acceptors (Lipinski definition) is 7. The second kappa shape index (κ2) is 11.1. The zero-order chi connectivity index (χ0) is 28.1. The van der Waals surface area contributed by atoms with Crippen molar-refractivity contribution in [1.82, 2.24) is 0 Å². The molecule has 0 aliphatic rings. The maximum atomic E-state index is 13.4. The highest BCUT2D eigenvalue weighted by Crippen LogP contribution is 2.52. The van der Waals surface area contributed by atoms with E-state index in [2.05, 4.69) is 5.32 Å². The highest BCUT2D eigenvalue weighted by atomic mass is 32.3. The molecule has 0 spiro atoms. The average Bonchev–Trinajstić information content (AvgIpc) is 2.87. The van der Waals surface area contributed by atoms with Gasteiger partial charge in [0.05, 0.1) is 33.7 Å². The Hall–Kier alpha value is -4.07. The van der Waals surface area contributed by atoms with Crippen molar-refractivity contribution in [2.24, 2.45) is 0 Å². The molecule has 0 saturated heterocycles. The summed E-state index contributed by atoms with van der Waals surface area (Å²) in [7, 11) is -4.04. The molecule has 1 amide bonds. The Labute approximate surface area is 218 Å². The number of ether oxygens (including phenoxy) is 1. The van der Waals surface area contributed by atoms with Gasteiger partial charge in [-0.2, -0.15) is 23.7 Å². The lowest BCUT2D eigenvalue weighted by molar-refractivity contribution is -0.138. The van der Waals surface area contributed by atoms with E-state index in [4.69, 9.17) is 19.4 Å². The minimum Gasteiger partial charge on any atom is -0.490 e. The summed E-state index contributed by atoms with van der Waals surface area (Å²) in [6.45, 7) is 2.38. The number of alkyl halides is 3. The lowest BCUT2D eigenvalue weighted by Crippen LogP contribution is -2.48. The zero-order valence-electron chi connectivity index (χ0n) is 20.1. The van der Waals surface area contributed by atoms with Gasteiger partial charge in [-0.05, 0) is 68.4 Å². The molecule has 0 fully saturated rings. The smallest absolute Gasteiger partial charge is 0.417 e. The first-order chi connectivity index (χ1) is 17.8. The highest BCUT2D eigenvalue weighted by Gasteiger charge is 2.43. The summed E-state index contributed by atoms with van der Waals surface area (Å²) in [5.41, 5.74) is -3.14. The van der Waals surface area contributed by atoms with Crippen LogP contribution in [-0.4, -0.2) is 27.2 Å². The molecule has 0 aromatic heterocycles. The summed E-state index contributed by atoms with van der Waals surface area (Å²) in [6, 6.07) is 17.8. The Morgan fingerprint density at radius 3 is 2.18 bits per heavy atom. The SMILES string of the molecule is Cc1ccc(S(O)(O)O[C@@](C)(COc2ccc(C#N)cc2)C(=O)Nc2ccc(C#N)c(C(F)(F)F)c2)cc1. The van der Waals surface area contributed by atoms with E-state index in [1.54, 1.807) is 19.1 Å². The van der Waals surface area contributed by atoms with Crippen molar-refractivity contribution in [2.45, 2.75) is 30.5 Å². The van der Waals surface area contributed by atoms with E-state index < -0.39 is 46.3 Å². The molecule has 0 unspecified atom stereocenters. The van der Waals surface area contributed by atoms with Crippen LogP contribution in [0.2, 0.25) is 0 Å². The molecule has 3 aromatic carbocycles. The molecule has 0 saturated carbocycles. The molecule has 198 valence electrons. The molecule has 8 nitrogen and oxygen atoms in total. The van der Waals surface area contributed by atoms with Gasteiger partial charge in [-0.3, -0.25) is 8.98 Å². The van der Waals surface area contributed by atoms with Crippen molar-refractivity contribution < 1.29 is 36.0 Å². The van der Waals surface area contributed by atoms with Gasteiger partial charge >= 0.3 is 6.18 Å². The summed E-state index contributed by atoms with van der Waals surface area (Å²) in [5.74, 6) is -0.827. The molecule has 0 heterocycles. The summed E-state index contributed by atoms with van der Waals surface area (Å²) < 4.78 is 72.9. The number of amides is 1. The number of benzene rings is 3. The zero-order valence-corrected chi connectivity index (χ0v) is 20.9. The van der Waals surface area contributed by atoms with Crippen molar-refractivity contribution in [2.75, 3.05) is 11.9 Å². The number of halogens is 3. The Bertz CT molecular complexity index is 1400. The van der Waals surface area contributed by atoms with Crippen molar-refractivity contribution in [3.8, 4) is 17.9 Å². The first-order valence-corrected chi connectivity index (χ1v) is 12.4. The largest absolute Gasteiger partial charge is 0.490 e. The number of carbonyl (C=O) groups is 1. The maximum Gasteiger partial charge on any atom is 0.417 e. The Balaban J connectivity index is 1.93. The Morgan fingerprint density at radius 1 is 1.00 bits per heavy atom. The fourth-order valence-corrected chi connectivity index (χ4v) is 4.44. The van der Waals surface area contributed by atoms with Crippen LogP contribution in [0, 0.1) is 29.6 Å². The van der Waals surface area contributed by atoms with E-state index in [-0.39, 0.29) is 16.3 Å². The fourth-order valence-electron chi connectivity index (χ4n) is 3.21. The quantitative estimate of drug-likeness (QED) is 0.303. The van der Waals surface area contributed by atoms with Crippen LogP contribution >= 0.6 is 10.9 Å². The first kappa shape index (κ1) is 28.5. The first-order valence-electron chi connectivity index (χ1n) is 10.9. The van der Waals surface area contributed by atoms with Gasteiger partial charge in [0.1, 0.15) is 23.2 Å². The predicted octanol–water partition coefficient (Wildman–Crippen LogP) is 6.27. The van der Waals surface area contributed by atoms with Gasteiger partial charge < -0.3 is 19.2 Å². The third kappa shape index (κ3) is 6.82. The van der Waals surface area contributed by atoms with E-state index in [1.165, 1.54) is 49.4 Å². The molecule has 38 heavy (non-hydrogen) atoms. The van der Waals surface area contributed by atoms with Crippen molar-refractivity contribution in [1.29, 1.82) is 10.5 Å². The Morgan fingerprint density at radius 2 is 1.63 bits per heavy atom. The van der Waals surface area contributed by atoms with Crippen LogP contribution in [0.4, 0.5) is 18.9 Å². The molecule has 0 aliphatic carbocycles. The van der Waals surface area contributed by atoms with E-state index in [0.29, 0.717) is 11.6 Å². The van der Waals surface area contributed by atoms with Gasteiger partial charge in [-0.1, -0.05) is 17.7 Å². The monoisotopic (exact) mass is 545 g/mol. The van der Waals surface area contributed by atoms with Gasteiger partial charge in [0.25, 0.3) is 5.91 Å². The van der Waals surface area contributed by atoms with E-state index in [9.17, 15) is 27.1 Å². The number of nitrogens with one attached hydrogen (secondary N) is 1. The minimum absolute atomic E-state index is 0.0294. The van der Waals surface area contributed by atoms with Gasteiger partial charge in [0.15, 0.2) is 5.60 Å². The van der Waals surface area contributed by atoms with Crippen molar-refractivity contribution in [3.63, 3.8) is 0 Å². The van der Waals surface area contributed by atoms with Gasteiger partial charge in [-0.15, -0.1) is 0 Å². The minimum atomic E-state index is -4.86. The maximum absolute atomic E-state index is 13.4. The molecule has 3 rings (SSSR count). The normalized spacial score (nSPS) is 13.5. The van der Waals surface area contributed by atoms with Crippen LogP contribution in [0.15, 0.2) is 71.6 Å². The molecule has 12 heteroatoms. The lowest BCUT2D eigenvalue weighted by Gasteiger charge is -2.37. The van der Waals surface area contributed by atoms with Crippen LogP contribution in [0.5, 0.6) is 5.75 Å². The van der Waals surface area contributed by atoms with Crippen molar-refractivity contribution >= 4 is 22.5 Å². The lowest BCUT2D eigenvalue weighted by atomic mass is 10.1. The third-order valence-corrected chi connectivity index (χ3v) is 6.80. The molecule has 1 atom stereocenters. The van der Waals surface area contributed by atoms with Crippen LogP contribution in [0.25, 0.3) is 0 Å². The number of nitrogens with zero attached hydrogens (tertiary/aromatic N) is 2. The van der Waals surface area contributed by atoms with Crippen LogP contribution < -0.4 is 10.1 Å². The number of aryl methyl sites for hydroxylation is 1. The standard InChI is InChI=1S/C26H22F3N3O5S/c1-17-3-11-22(12-4-17)38(34,35)37-25(2,16-36-21-9-5-18(14-30)6-10-21)24(33)32-20-8-7-19(15-31)23(13-20)26(27,28)29/h3-13,34-35H,16H2,1-2H3,(H,32,33)/t25-/m0/s1. The molecule has 3 aromatic rings. The van der Waals surface area contributed by atoms with Gasteiger partial charge in [0, 0.05) is 5.69 Å². The highest BCUT2D eigenvalue weighted by molar-refractivity contribution is 8.20. The molecule has 0 radical (unpaired) electrons. The van der Waals surface area contributed by atoms with Gasteiger partial charge in [-0.25, -0.2) is 0 Å². The molecular formula is C26H22F3N3O5S. The number of carbonyl (C=O) groups excluding carboxylic acids is 1. The topological polar surface area (TPSA) is 136 Å². The number of anilines is 1. The molecular weight excluding hydrogens is 523 g/mol. The molecule has 0 bridgehead atoms. The summed E-state index contributed by atoms with van der Waals surface area (Å²) in [4.78, 5) is 13.3. The predicted molar refractivity (Wildman–Crippen MR) is 133 cm³/mol. The summed E-state index contributed by atoms with van der Waals surface area (Å²) in [5, 5.41) is 20.2.